The molecule has 0 radical (unpaired) electrons. The molecule has 0 aliphatic heterocycles. The van der Waals surface area contributed by atoms with Crippen LogP contribution < -0.4 is 0 Å². The molecule has 1 aromatic heterocycles. The topological polar surface area (TPSA) is 17.1 Å². The number of thiophene rings is 1. The molecule has 0 atom stereocenters. The van der Waals surface area contributed by atoms with Crippen LogP contribution in [-0.4, -0.2) is 5.78 Å². The zero-order chi connectivity index (χ0) is 13.4. The first-order valence-electron chi connectivity index (χ1n) is 5.17. The highest BCUT2D eigenvalue weighted by Gasteiger charge is 2.22. The van der Waals surface area contributed by atoms with Crippen molar-refractivity contribution in [3.8, 4) is 0 Å². The minimum atomic E-state index is -0.858. The van der Waals surface area contributed by atoms with Crippen LogP contribution in [0.15, 0.2) is 22.7 Å². The fourth-order valence-corrected chi connectivity index (χ4v) is 2.85. The Bertz CT molecular complexity index is 615. The molecule has 0 spiro atoms. The second kappa shape index (κ2) is 4.90. The molecule has 0 saturated carbocycles. The molecule has 0 fully saturated rings. The fraction of sp³-hybridized carbons (Fsp3) is 0.154. The van der Waals surface area contributed by atoms with Gasteiger partial charge in [-0.25, -0.2) is 8.78 Å². The van der Waals surface area contributed by atoms with Crippen LogP contribution in [0.1, 0.15) is 25.7 Å². The Morgan fingerprint density at radius 2 is 1.94 bits per heavy atom. The summed E-state index contributed by atoms with van der Waals surface area (Å²) < 4.78 is 27.5. The number of hydrogen-bond donors (Lipinski definition) is 0. The van der Waals surface area contributed by atoms with E-state index in [2.05, 4.69) is 15.9 Å². The molecule has 0 unspecified atom stereocenters. The molecule has 0 amide bonds. The molecule has 0 aliphatic rings. The summed E-state index contributed by atoms with van der Waals surface area (Å²) >= 11 is 4.19. The molecule has 2 aromatic rings. The van der Waals surface area contributed by atoms with Crippen LogP contribution >= 0.6 is 27.3 Å². The molecule has 0 N–H and O–H groups in total. The van der Waals surface area contributed by atoms with Gasteiger partial charge in [0.15, 0.2) is 5.82 Å². The fourth-order valence-electron chi connectivity index (χ4n) is 1.54. The monoisotopic (exact) mass is 330 g/mol. The number of carbonyl (C=O) groups is 1. The van der Waals surface area contributed by atoms with Gasteiger partial charge in [-0.3, -0.25) is 4.79 Å². The Morgan fingerprint density at radius 1 is 1.28 bits per heavy atom. The first-order chi connectivity index (χ1) is 8.41. The predicted octanol–water partition coefficient (Wildman–Crippen LogP) is 4.64. The lowest BCUT2D eigenvalue weighted by molar-refractivity contribution is 0.103. The standard InChI is InChI=1S/C13H9BrF2OS/c1-6-5-10(18-7(6)2)13(17)11-9(15)4-3-8(14)12(11)16/h3-5H,1-2H3. The van der Waals surface area contributed by atoms with Crippen LogP contribution in [0.4, 0.5) is 8.78 Å². The maximum atomic E-state index is 13.8. The van der Waals surface area contributed by atoms with Crippen molar-refractivity contribution < 1.29 is 13.6 Å². The van der Waals surface area contributed by atoms with Gasteiger partial charge in [0.2, 0.25) is 5.78 Å². The number of rotatable bonds is 2. The maximum absolute atomic E-state index is 13.8. The molecule has 94 valence electrons. The van der Waals surface area contributed by atoms with Crippen LogP contribution in [0.2, 0.25) is 0 Å². The van der Waals surface area contributed by atoms with Crippen LogP contribution in [0.3, 0.4) is 0 Å². The van der Waals surface area contributed by atoms with Crippen LogP contribution in [0, 0.1) is 25.5 Å². The van der Waals surface area contributed by atoms with Crippen LogP contribution in [0.25, 0.3) is 0 Å². The largest absolute Gasteiger partial charge is 0.287 e. The van der Waals surface area contributed by atoms with Gasteiger partial charge < -0.3 is 0 Å². The molecule has 0 saturated heterocycles. The third-order valence-electron chi connectivity index (χ3n) is 2.66. The van der Waals surface area contributed by atoms with Crippen molar-refractivity contribution >= 4 is 33.0 Å². The van der Waals surface area contributed by atoms with Crippen molar-refractivity contribution in [2.24, 2.45) is 0 Å². The number of hydrogen-bond acceptors (Lipinski definition) is 2. The summed E-state index contributed by atoms with van der Waals surface area (Å²) in [6.07, 6.45) is 0. The van der Waals surface area contributed by atoms with Crippen molar-refractivity contribution in [1.29, 1.82) is 0 Å². The number of halogens is 3. The van der Waals surface area contributed by atoms with Gasteiger partial charge in [-0.2, -0.15) is 0 Å². The van der Waals surface area contributed by atoms with Crippen molar-refractivity contribution in [3.63, 3.8) is 0 Å². The molecule has 0 aliphatic carbocycles. The van der Waals surface area contributed by atoms with Gasteiger partial charge in [-0.1, -0.05) is 0 Å². The van der Waals surface area contributed by atoms with Gasteiger partial charge in [0.1, 0.15) is 5.82 Å². The summed E-state index contributed by atoms with van der Waals surface area (Å²) in [5.74, 6) is -2.32. The van der Waals surface area contributed by atoms with E-state index < -0.39 is 23.0 Å². The summed E-state index contributed by atoms with van der Waals surface area (Å²) in [7, 11) is 0. The molecule has 2 rings (SSSR count). The Labute approximate surface area is 116 Å². The molecular weight excluding hydrogens is 322 g/mol. The first-order valence-corrected chi connectivity index (χ1v) is 6.78. The highest BCUT2D eigenvalue weighted by molar-refractivity contribution is 9.10. The summed E-state index contributed by atoms with van der Waals surface area (Å²) in [6.45, 7) is 3.72. The summed E-state index contributed by atoms with van der Waals surface area (Å²) in [5.41, 5.74) is 0.435. The number of aryl methyl sites for hydroxylation is 2. The molecule has 1 nitrogen and oxygen atoms in total. The summed E-state index contributed by atoms with van der Waals surface area (Å²) in [5, 5.41) is 0. The lowest BCUT2D eigenvalue weighted by Gasteiger charge is -2.04. The SMILES string of the molecule is Cc1cc(C(=O)c2c(F)ccc(Br)c2F)sc1C. The van der Waals surface area contributed by atoms with E-state index in [4.69, 9.17) is 0 Å². The van der Waals surface area contributed by atoms with Crippen molar-refractivity contribution in [1.82, 2.24) is 0 Å². The van der Waals surface area contributed by atoms with E-state index in [1.54, 1.807) is 6.07 Å². The van der Waals surface area contributed by atoms with Gasteiger partial charge >= 0.3 is 0 Å². The van der Waals surface area contributed by atoms with E-state index in [9.17, 15) is 13.6 Å². The molecule has 1 aromatic carbocycles. The smallest absolute Gasteiger partial charge is 0.208 e. The van der Waals surface area contributed by atoms with Gasteiger partial charge in [-0.15, -0.1) is 11.3 Å². The Hall–Kier alpha value is -1.07. The Kier molecular flexibility index (Phi) is 3.64. The van der Waals surface area contributed by atoms with E-state index in [0.29, 0.717) is 4.88 Å². The highest BCUT2D eigenvalue weighted by atomic mass is 79.9. The second-order valence-corrected chi connectivity index (χ2v) is 6.01. The van der Waals surface area contributed by atoms with Crippen molar-refractivity contribution in [2.75, 3.05) is 0 Å². The molecule has 0 bridgehead atoms. The lowest BCUT2D eigenvalue weighted by atomic mass is 10.1. The van der Waals surface area contributed by atoms with E-state index in [1.807, 2.05) is 13.8 Å². The average molecular weight is 331 g/mol. The van der Waals surface area contributed by atoms with Gasteiger partial charge in [-0.05, 0) is 53.5 Å². The summed E-state index contributed by atoms with van der Waals surface area (Å²) in [4.78, 5) is 13.4. The summed E-state index contributed by atoms with van der Waals surface area (Å²) in [6, 6.07) is 3.97. The second-order valence-electron chi connectivity index (χ2n) is 3.90. The molecular formula is C13H9BrF2OS. The third-order valence-corrected chi connectivity index (χ3v) is 4.42. The van der Waals surface area contributed by atoms with Gasteiger partial charge in [0.25, 0.3) is 0 Å². The van der Waals surface area contributed by atoms with Crippen LogP contribution in [-0.2, 0) is 0 Å². The number of benzene rings is 1. The first kappa shape index (κ1) is 13.4. The zero-order valence-corrected chi connectivity index (χ0v) is 12.1. The average Bonchev–Trinajstić information content (AvgIpc) is 2.65. The quantitative estimate of drug-likeness (QED) is 0.579. The maximum Gasteiger partial charge on any atom is 0.208 e. The van der Waals surface area contributed by atoms with Crippen molar-refractivity contribution in [3.05, 3.63) is 55.2 Å². The zero-order valence-electron chi connectivity index (χ0n) is 9.68. The predicted molar refractivity (Wildman–Crippen MR) is 71.3 cm³/mol. The Balaban J connectivity index is 2.56. The van der Waals surface area contributed by atoms with Crippen LogP contribution in [0.5, 0.6) is 0 Å². The minimum Gasteiger partial charge on any atom is -0.287 e. The minimum absolute atomic E-state index is 0.0808. The van der Waals surface area contributed by atoms with E-state index in [-0.39, 0.29) is 4.47 Å². The van der Waals surface area contributed by atoms with E-state index in [0.717, 1.165) is 16.5 Å². The normalized spacial score (nSPS) is 10.7. The number of carbonyl (C=O) groups excluding carboxylic acids is 1. The Morgan fingerprint density at radius 3 is 2.50 bits per heavy atom. The van der Waals surface area contributed by atoms with E-state index in [1.165, 1.54) is 17.4 Å². The molecule has 1 heterocycles. The highest BCUT2D eigenvalue weighted by Crippen LogP contribution is 2.28. The third kappa shape index (κ3) is 2.24. The van der Waals surface area contributed by atoms with Crippen molar-refractivity contribution in [2.45, 2.75) is 13.8 Å². The van der Waals surface area contributed by atoms with E-state index >= 15 is 0 Å². The molecule has 18 heavy (non-hydrogen) atoms. The van der Waals surface area contributed by atoms with Gasteiger partial charge in [0, 0.05) is 4.88 Å². The lowest BCUT2D eigenvalue weighted by Crippen LogP contribution is -2.06. The van der Waals surface area contributed by atoms with Gasteiger partial charge in [0.05, 0.1) is 14.9 Å². The molecule has 5 heteroatoms. The number of ketones is 1.